The van der Waals surface area contributed by atoms with Crippen molar-refractivity contribution in [3.8, 4) is 0 Å². The van der Waals surface area contributed by atoms with Gasteiger partial charge in [0, 0.05) is 32.3 Å². The minimum atomic E-state index is 0.358. The summed E-state index contributed by atoms with van der Waals surface area (Å²) in [5.74, 6) is 2.06. The van der Waals surface area contributed by atoms with Gasteiger partial charge in [0.25, 0.3) is 0 Å². The quantitative estimate of drug-likeness (QED) is 0.838. The Balaban J connectivity index is 1.56. The van der Waals surface area contributed by atoms with Crippen molar-refractivity contribution in [1.29, 1.82) is 0 Å². The maximum absolute atomic E-state index is 5.70. The maximum Gasteiger partial charge on any atom is 0.118 e. The number of ether oxygens (including phenoxy) is 1. The fraction of sp³-hybridized carbons (Fsp3) is 0.765. The molecule has 21 heavy (non-hydrogen) atoms. The van der Waals surface area contributed by atoms with E-state index in [9.17, 15) is 0 Å². The first kappa shape index (κ1) is 15.1. The van der Waals surface area contributed by atoms with E-state index < -0.39 is 0 Å². The molecule has 1 saturated heterocycles. The number of furan rings is 1. The van der Waals surface area contributed by atoms with Crippen molar-refractivity contribution >= 4 is 0 Å². The summed E-state index contributed by atoms with van der Waals surface area (Å²) in [5.41, 5.74) is 0.358. The molecule has 1 N–H and O–H groups in total. The van der Waals surface area contributed by atoms with Gasteiger partial charge in [-0.2, -0.15) is 0 Å². The second-order valence-electron chi connectivity index (χ2n) is 6.95. The molecule has 0 aromatic carbocycles. The van der Waals surface area contributed by atoms with Crippen LogP contribution >= 0.6 is 0 Å². The van der Waals surface area contributed by atoms with Crippen molar-refractivity contribution in [2.24, 2.45) is 5.41 Å². The number of rotatable bonds is 7. The molecule has 4 nitrogen and oxygen atoms in total. The van der Waals surface area contributed by atoms with Crippen molar-refractivity contribution in [3.63, 3.8) is 0 Å². The first-order chi connectivity index (χ1) is 10.2. The summed E-state index contributed by atoms with van der Waals surface area (Å²) >= 11 is 0. The van der Waals surface area contributed by atoms with Crippen molar-refractivity contribution in [2.45, 2.75) is 45.2 Å². The second kappa shape index (κ2) is 6.51. The fourth-order valence-corrected chi connectivity index (χ4v) is 3.31. The van der Waals surface area contributed by atoms with E-state index in [1.807, 2.05) is 13.0 Å². The smallest absolute Gasteiger partial charge is 0.118 e. The summed E-state index contributed by atoms with van der Waals surface area (Å²) in [7, 11) is 2.20. The molecule has 0 spiro atoms. The lowest BCUT2D eigenvalue weighted by molar-refractivity contribution is -0.00256. The van der Waals surface area contributed by atoms with E-state index in [0.717, 1.165) is 63.3 Å². The van der Waals surface area contributed by atoms with Gasteiger partial charge in [0.2, 0.25) is 0 Å². The Morgan fingerprint density at radius 1 is 1.29 bits per heavy atom. The van der Waals surface area contributed by atoms with Gasteiger partial charge >= 0.3 is 0 Å². The molecule has 1 aromatic heterocycles. The van der Waals surface area contributed by atoms with E-state index in [1.54, 1.807) is 0 Å². The lowest BCUT2D eigenvalue weighted by Gasteiger charge is -2.40. The Morgan fingerprint density at radius 2 is 2.05 bits per heavy atom. The Kier molecular flexibility index (Phi) is 4.67. The van der Waals surface area contributed by atoms with Crippen LogP contribution in [0, 0.1) is 12.3 Å². The number of nitrogens with one attached hydrogen (secondary N) is 1. The molecule has 0 amide bonds. The lowest BCUT2D eigenvalue weighted by atomic mass is 9.79. The Bertz CT molecular complexity index is 447. The van der Waals surface area contributed by atoms with Crippen LogP contribution in [-0.2, 0) is 11.3 Å². The fourth-order valence-electron chi connectivity index (χ4n) is 3.31. The minimum absolute atomic E-state index is 0.358. The van der Waals surface area contributed by atoms with Crippen LogP contribution in [0.5, 0.6) is 0 Å². The monoisotopic (exact) mass is 292 g/mol. The molecule has 0 atom stereocenters. The van der Waals surface area contributed by atoms with Gasteiger partial charge in [0.05, 0.1) is 6.54 Å². The molecule has 4 heteroatoms. The third kappa shape index (κ3) is 4.31. The molecule has 1 saturated carbocycles. The van der Waals surface area contributed by atoms with Gasteiger partial charge in [0.1, 0.15) is 11.5 Å². The first-order valence-electron chi connectivity index (χ1n) is 8.20. The highest BCUT2D eigenvalue weighted by molar-refractivity contribution is 5.05. The van der Waals surface area contributed by atoms with Crippen LogP contribution in [0.4, 0.5) is 0 Å². The Labute approximate surface area is 127 Å². The third-order valence-corrected chi connectivity index (χ3v) is 4.72. The van der Waals surface area contributed by atoms with Gasteiger partial charge in [-0.05, 0) is 57.2 Å². The van der Waals surface area contributed by atoms with E-state index in [2.05, 4.69) is 23.3 Å². The molecule has 2 fully saturated rings. The van der Waals surface area contributed by atoms with Gasteiger partial charge in [0.15, 0.2) is 0 Å². The van der Waals surface area contributed by atoms with Crippen molar-refractivity contribution < 1.29 is 9.15 Å². The zero-order chi connectivity index (χ0) is 14.7. The molecule has 0 radical (unpaired) electrons. The molecule has 0 bridgehead atoms. The molecule has 1 aromatic rings. The normalized spacial score (nSPS) is 21.9. The largest absolute Gasteiger partial charge is 0.465 e. The summed E-state index contributed by atoms with van der Waals surface area (Å²) < 4.78 is 11.3. The average Bonchev–Trinajstić information content (AvgIpc) is 3.21. The summed E-state index contributed by atoms with van der Waals surface area (Å²) in [4.78, 5) is 2.40. The van der Waals surface area contributed by atoms with Crippen LogP contribution in [-0.4, -0.2) is 44.3 Å². The van der Waals surface area contributed by atoms with Crippen LogP contribution in [0.1, 0.15) is 37.2 Å². The summed E-state index contributed by atoms with van der Waals surface area (Å²) in [6.45, 7) is 6.93. The molecule has 2 aliphatic rings. The van der Waals surface area contributed by atoms with Gasteiger partial charge in [-0.3, -0.25) is 4.90 Å². The molecule has 2 heterocycles. The van der Waals surface area contributed by atoms with Crippen LogP contribution < -0.4 is 5.32 Å². The van der Waals surface area contributed by atoms with Crippen LogP contribution in [0.25, 0.3) is 0 Å². The first-order valence-corrected chi connectivity index (χ1v) is 8.20. The molecule has 0 unspecified atom stereocenters. The van der Waals surface area contributed by atoms with Crippen LogP contribution in [0.2, 0.25) is 0 Å². The number of hydrogen-bond donors (Lipinski definition) is 1. The number of aryl methyl sites for hydroxylation is 1. The molecule has 3 rings (SSSR count). The van der Waals surface area contributed by atoms with Gasteiger partial charge in [-0.15, -0.1) is 0 Å². The van der Waals surface area contributed by atoms with Gasteiger partial charge in [-0.1, -0.05) is 0 Å². The van der Waals surface area contributed by atoms with Crippen LogP contribution in [0.15, 0.2) is 16.5 Å². The third-order valence-electron chi connectivity index (χ3n) is 4.72. The highest BCUT2D eigenvalue weighted by Crippen LogP contribution is 2.32. The highest BCUT2D eigenvalue weighted by atomic mass is 16.5. The predicted molar refractivity (Wildman–Crippen MR) is 83.3 cm³/mol. The molecular weight excluding hydrogens is 264 g/mol. The van der Waals surface area contributed by atoms with E-state index in [0.29, 0.717) is 5.41 Å². The lowest BCUT2D eigenvalue weighted by Crippen LogP contribution is -2.46. The molecule has 1 aliphatic heterocycles. The number of hydrogen-bond acceptors (Lipinski definition) is 4. The van der Waals surface area contributed by atoms with Crippen molar-refractivity contribution in [2.75, 3.05) is 33.4 Å². The van der Waals surface area contributed by atoms with E-state index in [-0.39, 0.29) is 0 Å². The predicted octanol–water partition coefficient (Wildman–Crippen LogP) is 2.57. The highest BCUT2D eigenvalue weighted by Gasteiger charge is 2.35. The Hall–Kier alpha value is -0.840. The summed E-state index contributed by atoms with van der Waals surface area (Å²) in [5, 5.41) is 3.73. The standard InChI is InChI=1S/C17H28N2O2/c1-14-3-6-16(21-14)11-19(2)13-17(7-9-20-10-8-17)12-18-15-4-5-15/h3,6,15,18H,4-5,7-13H2,1-2H3. The Morgan fingerprint density at radius 3 is 2.67 bits per heavy atom. The van der Waals surface area contributed by atoms with Crippen molar-refractivity contribution in [1.82, 2.24) is 10.2 Å². The summed E-state index contributed by atoms with van der Waals surface area (Å²) in [6.07, 6.45) is 5.03. The number of nitrogens with zero attached hydrogens (tertiary/aromatic N) is 1. The second-order valence-corrected chi connectivity index (χ2v) is 6.95. The zero-order valence-electron chi connectivity index (χ0n) is 13.4. The SMILES string of the molecule is Cc1ccc(CN(C)CC2(CNC3CC3)CCOCC2)o1. The minimum Gasteiger partial charge on any atom is -0.465 e. The zero-order valence-corrected chi connectivity index (χ0v) is 13.4. The van der Waals surface area contributed by atoms with E-state index in [1.165, 1.54) is 12.8 Å². The molecular formula is C17H28N2O2. The topological polar surface area (TPSA) is 37.6 Å². The van der Waals surface area contributed by atoms with E-state index in [4.69, 9.17) is 9.15 Å². The van der Waals surface area contributed by atoms with Gasteiger partial charge in [-0.25, -0.2) is 0 Å². The molecule has 118 valence electrons. The van der Waals surface area contributed by atoms with E-state index >= 15 is 0 Å². The summed E-state index contributed by atoms with van der Waals surface area (Å²) in [6, 6.07) is 4.91. The average molecular weight is 292 g/mol. The molecule has 1 aliphatic carbocycles. The van der Waals surface area contributed by atoms with Gasteiger partial charge < -0.3 is 14.5 Å². The van der Waals surface area contributed by atoms with Crippen molar-refractivity contribution in [3.05, 3.63) is 23.7 Å². The van der Waals surface area contributed by atoms with Crippen LogP contribution in [0.3, 0.4) is 0 Å². The maximum atomic E-state index is 5.70.